The molecule has 0 saturated carbocycles. The summed E-state index contributed by atoms with van der Waals surface area (Å²) in [5, 5.41) is 7.36. The molecule has 1 heterocycles. The highest BCUT2D eigenvalue weighted by atomic mass is 32.1. The summed E-state index contributed by atoms with van der Waals surface area (Å²) in [4.78, 5) is 27.2. The lowest BCUT2D eigenvalue weighted by atomic mass is 10.2. The van der Waals surface area contributed by atoms with Gasteiger partial charge in [0.25, 0.3) is 0 Å². The summed E-state index contributed by atoms with van der Waals surface area (Å²) in [6, 6.07) is 6.53. The molecule has 0 N–H and O–H groups in total. The Bertz CT molecular complexity index is 597. The summed E-state index contributed by atoms with van der Waals surface area (Å²) in [6.07, 6.45) is -1.17. The minimum absolute atomic E-state index is 0.282. The van der Waals surface area contributed by atoms with Gasteiger partial charge in [-0.05, 0) is 22.2 Å². The first-order chi connectivity index (χ1) is 7.72. The maximum Gasteiger partial charge on any atom is 0.547 e. The van der Waals surface area contributed by atoms with Crippen LogP contribution in [0.4, 0.5) is 4.79 Å². The number of fused-ring (bicyclic) bond motifs is 1. The molecular formula is C8H5N3O4S. The van der Waals surface area contributed by atoms with Crippen LogP contribution in [0.1, 0.15) is 0 Å². The van der Waals surface area contributed by atoms with Gasteiger partial charge in [-0.15, -0.1) is 5.10 Å². The van der Waals surface area contributed by atoms with Gasteiger partial charge in [0, 0.05) is 12.9 Å². The van der Waals surface area contributed by atoms with Crippen LogP contribution >= 0.6 is 12.9 Å². The van der Waals surface area contributed by atoms with E-state index in [-0.39, 0.29) is 5.39 Å². The fraction of sp³-hybridized carbons (Fsp3) is 0. The molecule has 0 aliphatic carbocycles. The van der Waals surface area contributed by atoms with Crippen molar-refractivity contribution < 1.29 is 13.8 Å². The van der Waals surface area contributed by atoms with Gasteiger partial charge in [0.15, 0.2) is 0 Å². The van der Waals surface area contributed by atoms with Crippen LogP contribution in [-0.2, 0) is 4.18 Å². The maximum atomic E-state index is 11.7. The third-order valence-corrected chi connectivity index (χ3v) is 1.93. The van der Waals surface area contributed by atoms with E-state index in [2.05, 4.69) is 32.2 Å². The number of carbonyl (C=O) groups excluding carboxylic acids is 1. The van der Waals surface area contributed by atoms with Crippen molar-refractivity contribution in [1.29, 1.82) is 0 Å². The molecule has 0 radical (unpaired) electrons. The van der Waals surface area contributed by atoms with Crippen molar-refractivity contribution in [1.82, 2.24) is 15.2 Å². The molecule has 0 fully saturated rings. The predicted molar refractivity (Wildman–Crippen MR) is 55.8 cm³/mol. The summed E-state index contributed by atoms with van der Waals surface area (Å²) < 4.78 is 3.93. The van der Waals surface area contributed by atoms with E-state index in [0.29, 0.717) is 10.4 Å². The average molecular weight is 239 g/mol. The molecule has 0 unspecified atom stereocenters. The van der Waals surface area contributed by atoms with Gasteiger partial charge in [-0.25, -0.2) is 4.79 Å². The minimum Gasteiger partial charge on any atom is -0.361 e. The van der Waals surface area contributed by atoms with Crippen molar-refractivity contribution in [2.24, 2.45) is 0 Å². The van der Waals surface area contributed by atoms with E-state index in [9.17, 15) is 9.59 Å². The molecular weight excluding hydrogens is 234 g/mol. The first-order valence-electron chi connectivity index (χ1n) is 4.11. The van der Waals surface area contributed by atoms with Crippen molar-refractivity contribution in [2.45, 2.75) is 0 Å². The Labute approximate surface area is 94.2 Å². The SMILES string of the molecule is O=C(OS)On1nnc2ccccc2c1=O. The highest BCUT2D eigenvalue weighted by Gasteiger charge is 2.10. The fourth-order valence-electron chi connectivity index (χ4n) is 1.12. The van der Waals surface area contributed by atoms with Crippen LogP contribution in [0, 0.1) is 0 Å². The Hall–Kier alpha value is -2.09. The fourth-order valence-corrected chi connectivity index (χ4v) is 1.15. The van der Waals surface area contributed by atoms with Gasteiger partial charge < -0.3 is 4.18 Å². The summed E-state index contributed by atoms with van der Waals surface area (Å²) in [7, 11) is 0. The zero-order valence-corrected chi connectivity index (χ0v) is 8.63. The third-order valence-electron chi connectivity index (χ3n) is 1.78. The van der Waals surface area contributed by atoms with E-state index in [1.165, 1.54) is 6.07 Å². The highest BCUT2D eigenvalue weighted by Crippen LogP contribution is 2.02. The van der Waals surface area contributed by atoms with Crippen LogP contribution in [0.5, 0.6) is 0 Å². The monoisotopic (exact) mass is 239 g/mol. The molecule has 8 heteroatoms. The quantitative estimate of drug-likeness (QED) is 0.435. The zero-order chi connectivity index (χ0) is 11.5. The maximum absolute atomic E-state index is 11.7. The summed E-state index contributed by atoms with van der Waals surface area (Å²) in [5.74, 6) is 0. The number of hydrogen-bond donors (Lipinski definition) is 1. The molecule has 0 spiro atoms. The third kappa shape index (κ3) is 1.82. The lowest BCUT2D eigenvalue weighted by molar-refractivity contribution is 0.0724. The number of hydrogen-bond acceptors (Lipinski definition) is 7. The standard InChI is InChI=1S/C8H5N3O4S/c12-7-5-3-1-2-4-6(5)9-10-11(7)14-8(13)15-16/h1-4,16H. The molecule has 0 aliphatic rings. The van der Waals surface area contributed by atoms with Crippen LogP contribution in [0.15, 0.2) is 29.1 Å². The van der Waals surface area contributed by atoms with Gasteiger partial charge >= 0.3 is 11.7 Å². The first-order valence-corrected chi connectivity index (χ1v) is 4.47. The van der Waals surface area contributed by atoms with E-state index in [1.807, 2.05) is 0 Å². The normalized spacial score (nSPS) is 10.1. The van der Waals surface area contributed by atoms with Gasteiger partial charge in [-0.3, -0.25) is 9.63 Å². The number of carbonyl (C=O) groups is 1. The Balaban J connectivity index is 2.53. The second kappa shape index (κ2) is 4.19. The summed E-state index contributed by atoms with van der Waals surface area (Å²) in [5.41, 5.74) is -0.198. The van der Waals surface area contributed by atoms with Crippen LogP contribution in [0.2, 0.25) is 0 Å². The van der Waals surface area contributed by atoms with Crippen molar-refractivity contribution in [3.05, 3.63) is 34.6 Å². The van der Waals surface area contributed by atoms with Crippen molar-refractivity contribution in [3.8, 4) is 0 Å². The number of nitrogens with zero attached hydrogens (tertiary/aromatic N) is 3. The van der Waals surface area contributed by atoms with E-state index in [1.54, 1.807) is 18.2 Å². The van der Waals surface area contributed by atoms with Crippen molar-refractivity contribution in [3.63, 3.8) is 0 Å². The Morgan fingerprint density at radius 3 is 2.88 bits per heavy atom. The van der Waals surface area contributed by atoms with Crippen molar-refractivity contribution >= 4 is 30.0 Å². The second-order valence-electron chi connectivity index (χ2n) is 2.72. The van der Waals surface area contributed by atoms with Gasteiger partial charge in [-0.2, -0.15) is 0 Å². The molecule has 82 valence electrons. The van der Waals surface area contributed by atoms with Crippen LogP contribution in [-0.4, -0.2) is 21.3 Å². The number of thiol groups is 1. The molecule has 2 rings (SSSR count). The molecule has 0 aliphatic heterocycles. The lowest BCUT2D eigenvalue weighted by Crippen LogP contribution is -2.33. The average Bonchev–Trinajstić information content (AvgIpc) is 2.33. The van der Waals surface area contributed by atoms with Crippen LogP contribution in [0.3, 0.4) is 0 Å². The van der Waals surface area contributed by atoms with Gasteiger partial charge in [-0.1, -0.05) is 12.1 Å². The highest BCUT2D eigenvalue weighted by molar-refractivity contribution is 7.75. The Morgan fingerprint density at radius 2 is 2.12 bits per heavy atom. The molecule has 0 bridgehead atoms. The smallest absolute Gasteiger partial charge is 0.361 e. The Kier molecular flexibility index (Phi) is 2.73. The molecule has 1 aromatic heterocycles. The van der Waals surface area contributed by atoms with Crippen LogP contribution in [0.25, 0.3) is 10.9 Å². The molecule has 16 heavy (non-hydrogen) atoms. The molecule has 2 aromatic rings. The van der Waals surface area contributed by atoms with Crippen LogP contribution < -0.4 is 10.4 Å². The van der Waals surface area contributed by atoms with E-state index >= 15 is 0 Å². The number of benzene rings is 1. The lowest BCUT2D eigenvalue weighted by Gasteiger charge is -2.01. The van der Waals surface area contributed by atoms with Gasteiger partial charge in [0.2, 0.25) is 0 Å². The zero-order valence-electron chi connectivity index (χ0n) is 7.73. The summed E-state index contributed by atoms with van der Waals surface area (Å²) in [6.45, 7) is 0. The van der Waals surface area contributed by atoms with Gasteiger partial charge in [0.05, 0.1) is 5.39 Å². The summed E-state index contributed by atoms with van der Waals surface area (Å²) >= 11 is 3.22. The number of aromatic nitrogens is 3. The first kappa shape index (κ1) is 10.4. The Morgan fingerprint density at radius 1 is 1.38 bits per heavy atom. The largest absolute Gasteiger partial charge is 0.547 e. The molecule has 7 nitrogen and oxygen atoms in total. The molecule has 0 amide bonds. The van der Waals surface area contributed by atoms with E-state index in [0.717, 1.165) is 0 Å². The second-order valence-corrected chi connectivity index (χ2v) is 2.90. The minimum atomic E-state index is -1.17. The molecule has 1 aromatic carbocycles. The predicted octanol–water partition coefficient (Wildman–Crippen LogP) is 0.201. The van der Waals surface area contributed by atoms with E-state index in [4.69, 9.17) is 0 Å². The molecule has 0 saturated heterocycles. The van der Waals surface area contributed by atoms with Crippen molar-refractivity contribution in [2.75, 3.05) is 0 Å². The van der Waals surface area contributed by atoms with Gasteiger partial charge in [0.1, 0.15) is 5.52 Å². The topological polar surface area (TPSA) is 83.3 Å². The number of rotatable bonds is 1. The molecule has 0 atom stereocenters. The van der Waals surface area contributed by atoms with E-state index < -0.39 is 11.7 Å².